The Morgan fingerprint density at radius 1 is 1.02 bits per heavy atom. The molecule has 3 unspecified atom stereocenters. The van der Waals surface area contributed by atoms with Gasteiger partial charge in [-0.3, -0.25) is 19.3 Å². The SMILES string of the molecule is C=CCN(CCN1CCOCC1)C(=O)C1N(CCCCCCO)C(=O)[C@@H]2[C@H](C(=O)N(CC=C)Cc3ccccc3)[C@@H]3CC(C)C12S3. The molecule has 6 atom stereocenters. The van der Waals surface area contributed by atoms with Crippen LogP contribution in [0.3, 0.4) is 0 Å². The van der Waals surface area contributed by atoms with Gasteiger partial charge in [-0.15, -0.1) is 24.9 Å². The normalized spacial score (nSPS) is 28.7. The molecule has 5 rings (SSSR count). The molecular weight excluding hydrogens is 600 g/mol. The number of amides is 3. The van der Waals surface area contributed by atoms with Crippen molar-refractivity contribution in [1.82, 2.24) is 19.6 Å². The summed E-state index contributed by atoms with van der Waals surface area (Å²) >= 11 is 1.74. The second-order valence-electron chi connectivity index (χ2n) is 13.2. The van der Waals surface area contributed by atoms with Crippen molar-refractivity contribution in [2.45, 2.75) is 61.6 Å². The van der Waals surface area contributed by atoms with E-state index in [0.717, 1.165) is 57.3 Å². The summed E-state index contributed by atoms with van der Waals surface area (Å²) in [6, 6.07) is 9.31. The largest absolute Gasteiger partial charge is 0.396 e. The van der Waals surface area contributed by atoms with Gasteiger partial charge < -0.3 is 24.5 Å². The molecule has 1 aromatic rings. The number of ether oxygens (including phenoxy) is 1. The van der Waals surface area contributed by atoms with E-state index in [0.29, 0.717) is 45.9 Å². The molecule has 2 bridgehead atoms. The number of thioether (sulfide) groups is 1. The number of nitrogens with zero attached hydrogens (tertiary/aromatic N) is 4. The fourth-order valence-electron chi connectivity index (χ4n) is 8.18. The highest BCUT2D eigenvalue weighted by Crippen LogP contribution is 2.69. The standard InChI is InChI=1S/C36H52N4O5S/c1-4-15-38(19-18-37-20-23-45-24-21-37)35(44)32-36-27(3)25-29(46-36)30(31(36)34(43)40(32)17-11-6-7-12-22-41)33(42)39(16-5-2)26-28-13-9-8-10-14-28/h4-5,8-10,13-14,27,29-32,41H,1-2,6-7,11-12,15-26H2,3H3/t27?,29-,30+,31-,32?,36?/m0/s1. The Balaban J connectivity index is 1.45. The summed E-state index contributed by atoms with van der Waals surface area (Å²) in [5.41, 5.74) is 1.03. The number of benzene rings is 1. The van der Waals surface area contributed by atoms with Gasteiger partial charge in [-0.05, 0) is 30.7 Å². The van der Waals surface area contributed by atoms with Crippen molar-refractivity contribution in [3.8, 4) is 0 Å². The molecule has 1 spiro atoms. The van der Waals surface area contributed by atoms with Gasteiger partial charge in [-0.25, -0.2) is 0 Å². The predicted octanol–water partition coefficient (Wildman–Crippen LogP) is 3.44. The Kier molecular flexibility index (Phi) is 12.0. The zero-order valence-corrected chi connectivity index (χ0v) is 28.2. The maximum atomic E-state index is 14.8. The number of rotatable bonds is 17. The van der Waals surface area contributed by atoms with Crippen molar-refractivity contribution in [3.05, 3.63) is 61.2 Å². The fraction of sp³-hybridized carbons (Fsp3) is 0.639. The molecule has 252 valence electrons. The van der Waals surface area contributed by atoms with Crippen LogP contribution in [-0.4, -0.2) is 124 Å². The molecule has 1 N–H and O–H groups in total. The fourth-order valence-corrected chi connectivity index (χ4v) is 10.6. The molecule has 10 heteroatoms. The highest BCUT2D eigenvalue weighted by molar-refractivity contribution is 8.02. The molecule has 3 amide bonds. The van der Waals surface area contributed by atoms with Crippen molar-refractivity contribution in [1.29, 1.82) is 0 Å². The average Bonchev–Trinajstić information content (AvgIpc) is 3.66. The minimum absolute atomic E-state index is 0.0113. The van der Waals surface area contributed by atoms with Gasteiger partial charge in [0.25, 0.3) is 0 Å². The minimum Gasteiger partial charge on any atom is -0.396 e. The summed E-state index contributed by atoms with van der Waals surface area (Å²) in [7, 11) is 0. The van der Waals surface area contributed by atoms with E-state index in [9.17, 15) is 19.5 Å². The third kappa shape index (κ3) is 6.96. The van der Waals surface area contributed by atoms with E-state index in [1.807, 2.05) is 45.0 Å². The van der Waals surface area contributed by atoms with Gasteiger partial charge in [-0.1, -0.05) is 62.2 Å². The van der Waals surface area contributed by atoms with Crippen molar-refractivity contribution >= 4 is 29.5 Å². The van der Waals surface area contributed by atoms with Crippen molar-refractivity contribution in [2.75, 3.05) is 65.6 Å². The van der Waals surface area contributed by atoms with Crippen molar-refractivity contribution in [3.63, 3.8) is 0 Å². The number of carbonyl (C=O) groups is 3. The summed E-state index contributed by atoms with van der Waals surface area (Å²) in [4.78, 5) is 51.8. The summed E-state index contributed by atoms with van der Waals surface area (Å²) in [5.74, 6) is -1.00. The first-order valence-electron chi connectivity index (χ1n) is 17.1. The first-order chi connectivity index (χ1) is 22.4. The molecular formula is C36H52N4O5S. The van der Waals surface area contributed by atoms with Crippen LogP contribution in [0.5, 0.6) is 0 Å². The van der Waals surface area contributed by atoms with Gasteiger partial charge in [0, 0.05) is 64.2 Å². The second kappa shape index (κ2) is 16.0. The van der Waals surface area contributed by atoms with E-state index in [-0.39, 0.29) is 35.5 Å². The van der Waals surface area contributed by atoms with Crippen LogP contribution in [0.15, 0.2) is 55.6 Å². The van der Waals surface area contributed by atoms with Gasteiger partial charge in [0.1, 0.15) is 6.04 Å². The van der Waals surface area contributed by atoms with Crippen LogP contribution < -0.4 is 0 Å². The van der Waals surface area contributed by atoms with Crippen LogP contribution in [0.4, 0.5) is 0 Å². The highest BCUT2D eigenvalue weighted by atomic mass is 32.2. The molecule has 46 heavy (non-hydrogen) atoms. The number of morpholine rings is 1. The molecule has 0 aromatic heterocycles. The van der Waals surface area contributed by atoms with E-state index < -0.39 is 22.6 Å². The zero-order valence-electron chi connectivity index (χ0n) is 27.4. The average molecular weight is 653 g/mol. The van der Waals surface area contributed by atoms with Crippen molar-refractivity contribution in [2.24, 2.45) is 17.8 Å². The lowest BCUT2D eigenvalue weighted by Crippen LogP contribution is -2.58. The monoisotopic (exact) mass is 652 g/mol. The lowest BCUT2D eigenvalue weighted by molar-refractivity contribution is -0.145. The Morgan fingerprint density at radius 3 is 2.41 bits per heavy atom. The van der Waals surface area contributed by atoms with Crippen LogP contribution in [0.2, 0.25) is 0 Å². The van der Waals surface area contributed by atoms with E-state index in [2.05, 4.69) is 25.0 Å². The number of unbranched alkanes of at least 4 members (excludes halogenated alkanes) is 3. The van der Waals surface area contributed by atoms with E-state index in [4.69, 9.17) is 4.74 Å². The summed E-state index contributed by atoms with van der Waals surface area (Å²) in [6.45, 7) is 16.3. The molecule has 4 aliphatic heterocycles. The smallest absolute Gasteiger partial charge is 0.247 e. The molecule has 4 aliphatic rings. The van der Waals surface area contributed by atoms with Gasteiger partial charge in [0.05, 0.1) is 29.8 Å². The molecule has 0 aliphatic carbocycles. The van der Waals surface area contributed by atoms with E-state index in [1.54, 1.807) is 23.9 Å². The maximum Gasteiger partial charge on any atom is 0.247 e. The van der Waals surface area contributed by atoms with Gasteiger partial charge in [-0.2, -0.15) is 0 Å². The summed E-state index contributed by atoms with van der Waals surface area (Å²) in [6.07, 6.45) is 7.55. The number of carbonyl (C=O) groups excluding carboxylic acids is 3. The van der Waals surface area contributed by atoms with Gasteiger partial charge >= 0.3 is 0 Å². The van der Waals surface area contributed by atoms with Crippen LogP contribution in [0.25, 0.3) is 0 Å². The molecule has 9 nitrogen and oxygen atoms in total. The van der Waals surface area contributed by atoms with Crippen LogP contribution in [0.1, 0.15) is 44.6 Å². The molecule has 4 heterocycles. The number of aliphatic hydroxyl groups excluding tert-OH is 1. The van der Waals surface area contributed by atoms with Crippen molar-refractivity contribution < 1.29 is 24.2 Å². The van der Waals surface area contributed by atoms with Crippen LogP contribution >= 0.6 is 11.8 Å². The molecule has 1 aromatic carbocycles. The quantitative estimate of drug-likeness (QED) is 0.204. The van der Waals surface area contributed by atoms with E-state index >= 15 is 0 Å². The zero-order chi connectivity index (χ0) is 32.7. The third-order valence-corrected chi connectivity index (χ3v) is 12.5. The lowest BCUT2D eigenvalue weighted by atomic mass is 9.65. The summed E-state index contributed by atoms with van der Waals surface area (Å²) < 4.78 is 4.86. The first kappa shape index (κ1) is 34.7. The Hall–Kier alpha value is -2.66. The predicted molar refractivity (Wildman–Crippen MR) is 182 cm³/mol. The van der Waals surface area contributed by atoms with E-state index in [1.165, 1.54) is 0 Å². The number of fused-ring (bicyclic) bond motifs is 1. The number of aliphatic hydroxyl groups is 1. The Morgan fingerprint density at radius 2 is 1.72 bits per heavy atom. The number of hydrogen-bond donors (Lipinski definition) is 1. The van der Waals surface area contributed by atoms with Gasteiger partial charge in [0.15, 0.2) is 0 Å². The Bertz CT molecular complexity index is 1230. The van der Waals surface area contributed by atoms with Crippen LogP contribution in [-0.2, 0) is 25.7 Å². The molecule has 0 radical (unpaired) electrons. The topological polar surface area (TPSA) is 93.6 Å². The first-order valence-corrected chi connectivity index (χ1v) is 18.0. The number of hydrogen-bond acceptors (Lipinski definition) is 7. The lowest BCUT2D eigenvalue weighted by Gasteiger charge is -2.41. The molecule has 0 saturated carbocycles. The third-order valence-electron chi connectivity index (χ3n) is 10.4. The summed E-state index contributed by atoms with van der Waals surface area (Å²) in [5, 5.41) is 9.27. The van der Waals surface area contributed by atoms with Gasteiger partial charge in [0.2, 0.25) is 17.7 Å². The molecule has 4 fully saturated rings. The number of likely N-dealkylation sites (tertiary alicyclic amines) is 1. The molecule has 4 saturated heterocycles. The Labute approximate surface area is 279 Å². The highest BCUT2D eigenvalue weighted by Gasteiger charge is 2.76. The minimum atomic E-state index is -0.658. The van der Waals surface area contributed by atoms with Crippen LogP contribution in [0, 0.1) is 17.8 Å². The maximum absolute atomic E-state index is 14.8. The second-order valence-corrected chi connectivity index (χ2v) is 14.8.